The monoisotopic (exact) mass is 384 g/mol. The minimum Gasteiger partial charge on any atom is -0.373 e. The number of nitrogens with zero attached hydrogens (tertiary/aromatic N) is 1. The quantitative estimate of drug-likeness (QED) is 0.727. The average molecular weight is 384 g/mol. The van der Waals surface area contributed by atoms with Crippen LogP contribution in [0.2, 0.25) is 0 Å². The Hall–Kier alpha value is -1.48. The third kappa shape index (κ3) is 6.35. The summed E-state index contributed by atoms with van der Waals surface area (Å²) in [4.78, 5) is 12.1. The van der Waals surface area contributed by atoms with Crippen molar-refractivity contribution in [2.24, 2.45) is 0 Å². The van der Waals surface area contributed by atoms with Crippen LogP contribution in [0.3, 0.4) is 0 Å². The van der Waals surface area contributed by atoms with E-state index in [1.165, 1.54) is 4.31 Å². The first-order chi connectivity index (χ1) is 12.3. The van der Waals surface area contributed by atoms with Gasteiger partial charge in [-0.2, -0.15) is 4.31 Å². The number of nitrogens with one attached hydrogen (secondary N) is 1. The molecule has 0 unspecified atom stereocenters. The molecule has 7 nitrogen and oxygen atoms in total. The minimum atomic E-state index is -3.43. The number of hydrogen-bond acceptors (Lipinski definition) is 5. The zero-order chi connectivity index (χ0) is 19.2. The molecule has 26 heavy (non-hydrogen) atoms. The van der Waals surface area contributed by atoms with Crippen molar-refractivity contribution in [1.82, 2.24) is 9.62 Å². The summed E-state index contributed by atoms with van der Waals surface area (Å²) in [6, 6.07) is 9.56. The van der Waals surface area contributed by atoms with Gasteiger partial charge in [0.1, 0.15) is 6.10 Å². The fourth-order valence-corrected chi connectivity index (χ4v) is 4.30. The van der Waals surface area contributed by atoms with Crippen molar-refractivity contribution in [2.45, 2.75) is 45.7 Å². The van der Waals surface area contributed by atoms with Crippen molar-refractivity contribution in [2.75, 3.05) is 25.4 Å². The number of carbonyl (C=O) groups excluding carboxylic acids is 1. The summed E-state index contributed by atoms with van der Waals surface area (Å²) in [7, 11) is -3.43. The Morgan fingerprint density at radius 2 is 1.88 bits per heavy atom. The van der Waals surface area contributed by atoms with Crippen molar-refractivity contribution in [3.63, 3.8) is 0 Å². The molecule has 1 aliphatic heterocycles. The molecule has 0 radical (unpaired) electrons. The predicted octanol–water partition coefficient (Wildman–Crippen LogP) is 1.15. The first-order valence-electron chi connectivity index (χ1n) is 8.84. The van der Waals surface area contributed by atoms with E-state index in [4.69, 9.17) is 9.47 Å². The van der Waals surface area contributed by atoms with Crippen LogP contribution in [0.15, 0.2) is 30.3 Å². The fourth-order valence-electron chi connectivity index (χ4n) is 2.81. The molecule has 1 fully saturated rings. The first-order valence-corrected chi connectivity index (χ1v) is 10.5. The van der Waals surface area contributed by atoms with Gasteiger partial charge in [-0.25, -0.2) is 8.42 Å². The number of hydrogen-bond donors (Lipinski definition) is 1. The number of benzene rings is 1. The maximum Gasteiger partial charge on any atom is 0.248 e. The lowest BCUT2D eigenvalue weighted by Crippen LogP contribution is -2.50. The zero-order valence-corrected chi connectivity index (χ0v) is 16.4. The Morgan fingerprint density at radius 3 is 2.50 bits per heavy atom. The average Bonchev–Trinajstić information content (AvgIpc) is 2.59. The number of carbonyl (C=O) groups is 1. The molecule has 0 aliphatic carbocycles. The number of sulfonamides is 1. The number of morpholine rings is 1. The van der Waals surface area contributed by atoms with Crippen molar-refractivity contribution in [3.05, 3.63) is 35.9 Å². The van der Waals surface area contributed by atoms with Crippen molar-refractivity contribution in [1.29, 1.82) is 0 Å². The second-order valence-electron chi connectivity index (χ2n) is 6.62. The van der Waals surface area contributed by atoms with E-state index in [0.29, 0.717) is 19.7 Å². The van der Waals surface area contributed by atoms with Gasteiger partial charge in [0, 0.05) is 19.6 Å². The van der Waals surface area contributed by atoms with Crippen LogP contribution in [-0.4, -0.2) is 62.3 Å². The van der Waals surface area contributed by atoms with Crippen LogP contribution < -0.4 is 5.32 Å². The van der Waals surface area contributed by atoms with Gasteiger partial charge in [-0.3, -0.25) is 4.79 Å². The summed E-state index contributed by atoms with van der Waals surface area (Å²) < 4.78 is 37.4. The molecule has 1 aromatic carbocycles. The molecule has 3 atom stereocenters. The lowest BCUT2D eigenvalue weighted by molar-refractivity contribution is -0.132. The first kappa shape index (κ1) is 20.8. The normalized spacial score (nSPS) is 22.7. The number of rotatable bonds is 8. The highest BCUT2D eigenvalue weighted by Crippen LogP contribution is 2.14. The van der Waals surface area contributed by atoms with E-state index < -0.39 is 16.1 Å². The molecular weight excluding hydrogens is 356 g/mol. The lowest BCUT2D eigenvalue weighted by Gasteiger charge is -2.34. The van der Waals surface area contributed by atoms with E-state index in [-0.39, 0.29) is 30.4 Å². The molecule has 1 amide bonds. The Balaban J connectivity index is 1.74. The summed E-state index contributed by atoms with van der Waals surface area (Å²) in [5.41, 5.74) is 0.977. The van der Waals surface area contributed by atoms with Crippen LogP contribution in [-0.2, 0) is 30.9 Å². The highest BCUT2D eigenvalue weighted by Gasteiger charge is 2.30. The third-order valence-corrected chi connectivity index (χ3v) is 5.96. The van der Waals surface area contributed by atoms with E-state index in [9.17, 15) is 13.2 Å². The van der Waals surface area contributed by atoms with Crippen LogP contribution in [0.4, 0.5) is 0 Å². The molecule has 1 heterocycles. The van der Waals surface area contributed by atoms with E-state index in [1.807, 2.05) is 44.2 Å². The maximum absolute atomic E-state index is 12.4. The molecular formula is C18H28N2O5S. The van der Waals surface area contributed by atoms with E-state index in [2.05, 4.69) is 5.32 Å². The Labute approximate surface area is 155 Å². The molecule has 0 bridgehead atoms. The molecule has 1 aromatic rings. The van der Waals surface area contributed by atoms with Crippen molar-refractivity contribution >= 4 is 15.9 Å². The largest absolute Gasteiger partial charge is 0.373 e. The van der Waals surface area contributed by atoms with Gasteiger partial charge in [-0.05, 0) is 26.3 Å². The minimum absolute atomic E-state index is 0.0559. The number of amides is 1. The molecule has 0 aromatic heterocycles. The standard InChI is InChI=1S/C18H28N2O5S/c1-14-11-20(12-15(2)25-14)26(22,23)10-9-19-18(21)16(3)24-13-17-7-5-4-6-8-17/h4-8,14-16H,9-13H2,1-3H3,(H,19,21)/t14-,15-,16-/m1/s1. The molecule has 1 N–H and O–H groups in total. The Morgan fingerprint density at radius 1 is 1.27 bits per heavy atom. The van der Waals surface area contributed by atoms with Gasteiger partial charge in [-0.15, -0.1) is 0 Å². The third-order valence-electron chi connectivity index (χ3n) is 4.15. The smallest absolute Gasteiger partial charge is 0.248 e. The highest BCUT2D eigenvalue weighted by molar-refractivity contribution is 7.89. The van der Waals surface area contributed by atoms with Gasteiger partial charge in [0.05, 0.1) is 24.6 Å². The topological polar surface area (TPSA) is 84.9 Å². The van der Waals surface area contributed by atoms with E-state index in [0.717, 1.165) is 5.56 Å². The SMILES string of the molecule is C[C@@H]1CN(S(=O)(=O)CCNC(=O)[C@@H](C)OCc2ccccc2)C[C@@H](C)O1. The summed E-state index contributed by atoms with van der Waals surface area (Å²) >= 11 is 0. The van der Waals surface area contributed by atoms with Gasteiger partial charge in [0.15, 0.2) is 0 Å². The van der Waals surface area contributed by atoms with Crippen molar-refractivity contribution in [3.8, 4) is 0 Å². The molecule has 1 saturated heterocycles. The maximum atomic E-state index is 12.4. The van der Waals surface area contributed by atoms with Gasteiger partial charge in [0.2, 0.25) is 15.9 Å². The second kappa shape index (κ2) is 9.45. The van der Waals surface area contributed by atoms with Gasteiger partial charge in [-0.1, -0.05) is 30.3 Å². The lowest BCUT2D eigenvalue weighted by atomic mass is 10.2. The van der Waals surface area contributed by atoms with E-state index in [1.54, 1.807) is 6.92 Å². The van der Waals surface area contributed by atoms with Gasteiger partial charge >= 0.3 is 0 Å². The Kier molecular flexibility index (Phi) is 7.57. The zero-order valence-electron chi connectivity index (χ0n) is 15.6. The summed E-state index contributed by atoms with van der Waals surface area (Å²) in [6.07, 6.45) is -0.912. The van der Waals surface area contributed by atoms with Crippen LogP contribution in [0.5, 0.6) is 0 Å². The van der Waals surface area contributed by atoms with Crippen molar-refractivity contribution < 1.29 is 22.7 Å². The number of ether oxygens (including phenoxy) is 2. The summed E-state index contributed by atoms with van der Waals surface area (Å²) in [5.74, 6) is -0.455. The van der Waals surface area contributed by atoms with Crippen LogP contribution in [0.1, 0.15) is 26.3 Å². The van der Waals surface area contributed by atoms with Crippen LogP contribution in [0.25, 0.3) is 0 Å². The molecule has 0 spiro atoms. The molecule has 146 valence electrons. The summed E-state index contributed by atoms with van der Waals surface area (Å²) in [6.45, 7) is 6.43. The molecule has 8 heteroatoms. The fraction of sp³-hybridized carbons (Fsp3) is 0.611. The molecule has 0 saturated carbocycles. The Bertz CT molecular complexity index is 670. The predicted molar refractivity (Wildman–Crippen MR) is 99.1 cm³/mol. The highest BCUT2D eigenvalue weighted by atomic mass is 32.2. The molecule has 2 rings (SSSR count). The molecule has 1 aliphatic rings. The van der Waals surface area contributed by atoms with E-state index >= 15 is 0 Å². The van der Waals surface area contributed by atoms with Gasteiger partial charge < -0.3 is 14.8 Å². The van der Waals surface area contributed by atoms with Crippen LogP contribution in [0, 0.1) is 0 Å². The second-order valence-corrected chi connectivity index (χ2v) is 8.71. The van der Waals surface area contributed by atoms with Crippen LogP contribution >= 0.6 is 0 Å². The summed E-state index contributed by atoms with van der Waals surface area (Å²) in [5, 5.41) is 2.64. The van der Waals surface area contributed by atoms with Gasteiger partial charge in [0.25, 0.3) is 0 Å².